The minimum atomic E-state index is -1.15. The van der Waals surface area contributed by atoms with Gasteiger partial charge >= 0.3 is 12.1 Å². The van der Waals surface area contributed by atoms with Gasteiger partial charge in [-0.3, -0.25) is 9.69 Å². The minimum Gasteiger partial charge on any atom is -0.457 e. The Labute approximate surface area is 293 Å². The van der Waals surface area contributed by atoms with Gasteiger partial charge in [-0.2, -0.15) is 0 Å². The average Bonchev–Trinajstić information content (AvgIpc) is 3.83. The van der Waals surface area contributed by atoms with Crippen molar-refractivity contribution in [1.82, 2.24) is 9.80 Å². The van der Waals surface area contributed by atoms with Crippen LogP contribution in [0.5, 0.6) is 0 Å². The van der Waals surface area contributed by atoms with Crippen molar-refractivity contribution in [3.8, 4) is 0 Å². The quantitative estimate of drug-likeness (QED) is 0.112. The zero-order valence-electron chi connectivity index (χ0n) is 30.9. The van der Waals surface area contributed by atoms with Crippen LogP contribution in [-0.4, -0.2) is 139 Å². The average molecular weight is 695 g/mol. The van der Waals surface area contributed by atoms with Crippen LogP contribution in [0.4, 0.5) is 4.79 Å². The zero-order chi connectivity index (χ0) is 36.4. The summed E-state index contributed by atoms with van der Waals surface area (Å²) < 4.78 is 28.9. The molecular weight excluding hydrogens is 632 g/mol. The molecule has 0 saturated carbocycles. The van der Waals surface area contributed by atoms with Crippen LogP contribution in [0.2, 0.25) is 0 Å². The van der Waals surface area contributed by atoms with Gasteiger partial charge in [-0.15, -0.1) is 0 Å². The lowest BCUT2D eigenvalue weighted by Gasteiger charge is -2.38. The van der Waals surface area contributed by atoms with Crippen molar-refractivity contribution < 1.29 is 48.6 Å². The molecule has 2 fully saturated rings. The van der Waals surface area contributed by atoms with E-state index in [0.29, 0.717) is 39.0 Å². The number of carbonyl (C=O) groups is 2. The van der Waals surface area contributed by atoms with E-state index < -0.39 is 47.7 Å². The van der Waals surface area contributed by atoms with Crippen LogP contribution >= 0.6 is 0 Å². The summed E-state index contributed by atoms with van der Waals surface area (Å²) in [6, 6.07) is 0. The third-order valence-electron chi connectivity index (χ3n) is 10.3. The summed E-state index contributed by atoms with van der Waals surface area (Å²) in [5, 5.41) is 32.0. The van der Waals surface area contributed by atoms with Crippen LogP contribution in [0.1, 0.15) is 73.6 Å². The lowest BCUT2D eigenvalue weighted by molar-refractivity contribution is -0.151. The highest BCUT2D eigenvalue weighted by molar-refractivity contribution is 5.70. The second-order valence-corrected chi connectivity index (χ2v) is 14.5. The predicted octanol–water partition coefficient (Wildman–Crippen LogP) is 3.63. The fourth-order valence-electron chi connectivity index (χ4n) is 6.57. The number of aliphatic hydroxyl groups excluding tert-OH is 2. The van der Waals surface area contributed by atoms with Crippen LogP contribution in [0.3, 0.4) is 0 Å². The molecule has 12 heteroatoms. The van der Waals surface area contributed by atoms with Gasteiger partial charge in [0, 0.05) is 65.2 Å². The Morgan fingerprint density at radius 3 is 2.55 bits per heavy atom. The molecule has 2 saturated heterocycles. The number of rotatable bonds is 13. The number of hydrogen-bond acceptors (Lipinski definition) is 11. The number of ether oxygens (including phenoxy) is 5. The van der Waals surface area contributed by atoms with Crippen molar-refractivity contribution in [2.75, 3.05) is 53.6 Å². The molecular formula is C37H62N2O10. The fourth-order valence-corrected chi connectivity index (χ4v) is 6.57. The van der Waals surface area contributed by atoms with Crippen LogP contribution in [0.25, 0.3) is 0 Å². The molecule has 0 spiro atoms. The van der Waals surface area contributed by atoms with Crippen molar-refractivity contribution in [3.63, 3.8) is 0 Å². The standard InChI is InChI=1S/C37H62N2O10/c1-9-29(41)27(4)34-30(47-34)24-36(5,44)15-10-11-25(2)33-26(3)12-13-31(37(6,46-8)16-14-28(40)23-32(42)49-33)48-35(43)39-19-17-38(18-20-39)21-22-45-7/h10-13,15,26-31,33-34,40-41,44H,9,14,16-24H2,1-8H3/b13-12-,15-10+,25-11+. The molecule has 0 radical (unpaired) electrons. The molecule has 280 valence electrons. The number of amides is 1. The monoisotopic (exact) mass is 694 g/mol. The van der Waals surface area contributed by atoms with E-state index in [4.69, 9.17) is 23.7 Å². The molecule has 3 aliphatic heterocycles. The first-order valence-electron chi connectivity index (χ1n) is 17.8. The van der Waals surface area contributed by atoms with E-state index >= 15 is 0 Å². The third-order valence-corrected chi connectivity index (χ3v) is 10.3. The normalized spacial score (nSPS) is 33.9. The number of cyclic esters (lactones) is 1. The van der Waals surface area contributed by atoms with Crippen molar-refractivity contribution in [1.29, 1.82) is 0 Å². The Hall–Kier alpha value is -2.32. The molecule has 0 aromatic carbocycles. The Balaban J connectivity index is 1.75. The van der Waals surface area contributed by atoms with Crippen molar-refractivity contribution in [2.45, 2.75) is 121 Å². The first-order chi connectivity index (χ1) is 23.1. The van der Waals surface area contributed by atoms with Gasteiger partial charge in [-0.25, -0.2) is 4.79 Å². The van der Waals surface area contributed by atoms with Crippen LogP contribution < -0.4 is 0 Å². The highest BCUT2D eigenvalue weighted by atomic mass is 16.6. The number of nitrogens with zero attached hydrogens (tertiary/aromatic N) is 2. The molecule has 0 aromatic rings. The zero-order valence-corrected chi connectivity index (χ0v) is 30.9. The van der Waals surface area contributed by atoms with Gasteiger partial charge in [-0.1, -0.05) is 45.1 Å². The number of carbonyl (C=O) groups excluding carboxylic acids is 2. The fraction of sp³-hybridized carbons (Fsp3) is 0.784. The molecule has 3 rings (SSSR count). The summed E-state index contributed by atoms with van der Waals surface area (Å²) >= 11 is 0. The summed E-state index contributed by atoms with van der Waals surface area (Å²) in [5.74, 6) is -0.855. The van der Waals surface area contributed by atoms with E-state index in [1.807, 2.05) is 40.7 Å². The third kappa shape index (κ3) is 12.4. The number of esters is 1. The maximum absolute atomic E-state index is 13.4. The summed E-state index contributed by atoms with van der Waals surface area (Å²) in [4.78, 5) is 30.3. The van der Waals surface area contributed by atoms with Crippen molar-refractivity contribution in [2.24, 2.45) is 11.8 Å². The Morgan fingerprint density at radius 1 is 1.22 bits per heavy atom. The molecule has 3 heterocycles. The maximum Gasteiger partial charge on any atom is 0.410 e. The van der Waals surface area contributed by atoms with Gasteiger partial charge in [0.25, 0.3) is 0 Å². The highest BCUT2D eigenvalue weighted by Crippen LogP contribution is 2.37. The second-order valence-electron chi connectivity index (χ2n) is 14.5. The molecule has 10 atom stereocenters. The lowest BCUT2D eigenvalue weighted by atomic mass is 9.88. The van der Waals surface area contributed by atoms with Gasteiger partial charge in [0.05, 0.1) is 43.0 Å². The molecule has 12 nitrogen and oxygen atoms in total. The molecule has 1 amide bonds. The maximum atomic E-state index is 13.4. The minimum absolute atomic E-state index is 0.00685. The molecule has 49 heavy (non-hydrogen) atoms. The van der Waals surface area contributed by atoms with E-state index in [1.165, 1.54) is 0 Å². The number of hydrogen-bond donors (Lipinski definition) is 3. The topological polar surface area (TPSA) is 151 Å². The van der Waals surface area contributed by atoms with Crippen molar-refractivity contribution >= 4 is 12.1 Å². The Bertz CT molecular complexity index is 1150. The van der Waals surface area contributed by atoms with Gasteiger partial charge in [0.15, 0.2) is 6.10 Å². The summed E-state index contributed by atoms with van der Waals surface area (Å²) in [6.45, 7) is 15.2. The SMILES string of the molecule is CCC(O)C(C)C1OC1CC(C)(O)/C=C/C=C(\C)C1OC(=O)CC(O)CCC(C)(OC)C(OC(=O)N2CCN(CCOC)CC2)/C=C\C1C. The number of aliphatic hydroxyl groups is 3. The molecule has 0 bridgehead atoms. The van der Waals surface area contributed by atoms with Crippen LogP contribution in [-0.2, 0) is 28.5 Å². The second kappa shape index (κ2) is 18.8. The van der Waals surface area contributed by atoms with Crippen LogP contribution in [0, 0.1) is 11.8 Å². The van der Waals surface area contributed by atoms with Crippen LogP contribution in [0.15, 0.2) is 36.0 Å². The lowest BCUT2D eigenvalue weighted by Crippen LogP contribution is -2.52. The summed E-state index contributed by atoms with van der Waals surface area (Å²) in [5.41, 5.74) is -1.37. The number of epoxide rings is 1. The van der Waals surface area contributed by atoms with E-state index in [-0.39, 0.29) is 36.9 Å². The Kier molecular flexibility index (Phi) is 15.8. The molecule has 0 aromatic heterocycles. The van der Waals surface area contributed by atoms with Gasteiger partial charge < -0.3 is 43.9 Å². The number of methoxy groups -OCH3 is 2. The number of piperazine rings is 1. The van der Waals surface area contributed by atoms with Gasteiger partial charge in [0.1, 0.15) is 11.7 Å². The molecule has 3 aliphatic rings. The molecule has 0 aliphatic carbocycles. The molecule has 3 N–H and O–H groups in total. The highest BCUT2D eigenvalue weighted by Gasteiger charge is 2.47. The smallest absolute Gasteiger partial charge is 0.410 e. The van der Waals surface area contributed by atoms with E-state index in [0.717, 1.165) is 25.2 Å². The van der Waals surface area contributed by atoms with E-state index in [9.17, 15) is 24.9 Å². The number of allylic oxidation sites excluding steroid dienone is 2. The Morgan fingerprint density at radius 2 is 1.92 bits per heavy atom. The van der Waals surface area contributed by atoms with Gasteiger partial charge in [0.2, 0.25) is 0 Å². The van der Waals surface area contributed by atoms with E-state index in [1.54, 1.807) is 50.3 Å². The molecule has 10 unspecified atom stereocenters. The summed E-state index contributed by atoms with van der Waals surface area (Å²) in [7, 11) is 3.23. The van der Waals surface area contributed by atoms with Gasteiger partial charge in [-0.05, 0) is 51.7 Å². The predicted molar refractivity (Wildman–Crippen MR) is 186 cm³/mol. The summed E-state index contributed by atoms with van der Waals surface area (Å²) in [6.07, 6.45) is 6.86. The van der Waals surface area contributed by atoms with E-state index in [2.05, 4.69) is 4.90 Å². The first-order valence-corrected chi connectivity index (χ1v) is 17.8. The first kappa shape index (κ1) is 41.1. The van der Waals surface area contributed by atoms with Crippen molar-refractivity contribution in [3.05, 3.63) is 36.0 Å². The largest absolute Gasteiger partial charge is 0.457 e.